The van der Waals surface area contributed by atoms with E-state index in [0.717, 1.165) is 34.7 Å². The van der Waals surface area contributed by atoms with Crippen LogP contribution in [0.25, 0.3) is 0 Å². The van der Waals surface area contributed by atoms with Crippen molar-refractivity contribution in [1.29, 1.82) is 0 Å². The minimum atomic E-state index is -0.0428. The molecule has 1 unspecified atom stereocenters. The van der Waals surface area contributed by atoms with Crippen molar-refractivity contribution in [1.82, 2.24) is 0 Å². The van der Waals surface area contributed by atoms with E-state index in [0.29, 0.717) is 12.2 Å². The first kappa shape index (κ1) is 17.1. The summed E-state index contributed by atoms with van der Waals surface area (Å²) in [6.07, 6.45) is 0.962. The highest BCUT2D eigenvalue weighted by molar-refractivity contribution is 5.95. The summed E-state index contributed by atoms with van der Waals surface area (Å²) >= 11 is 0. The summed E-state index contributed by atoms with van der Waals surface area (Å²) in [5.41, 5.74) is 10.6. The van der Waals surface area contributed by atoms with Gasteiger partial charge < -0.3 is 20.7 Å². The maximum Gasteiger partial charge on any atom is 0.243 e. The van der Waals surface area contributed by atoms with E-state index < -0.39 is 0 Å². The summed E-state index contributed by atoms with van der Waals surface area (Å²) in [5, 5.41) is 3.02. The molecule has 2 aromatic carbocycles. The van der Waals surface area contributed by atoms with E-state index in [1.165, 1.54) is 0 Å². The lowest BCUT2D eigenvalue weighted by Crippen LogP contribution is -2.43. The van der Waals surface area contributed by atoms with Gasteiger partial charge >= 0.3 is 0 Å². The predicted molar refractivity (Wildman–Crippen MR) is 102 cm³/mol. The number of nitrogens with two attached hydrogens (primary N) is 1. The Morgan fingerprint density at radius 2 is 2.12 bits per heavy atom. The molecule has 5 heteroatoms. The molecule has 1 heterocycles. The van der Waals surface area contributed by atoms with Gasteiger partial charge in [-0.25, -0.2) is 0 Å². The monoisotopic (exact) mass is 339 g/mol. The molecule has 0 saturated carbocycles. The van der Waals surface area contributed by atoms with E-state index >= 15 is 0 Å². The van der Waals surface area contributed by atoms with Gasteiger partial charge in [-0.3, -0.25) is 4.79 Å². The molecule has 3 rings (SSSR count). The maximum atomic E-state index is 12.6. The molecule has 1 aliphatic rings. The fraction of sp³-hybridized carbons (Fsp3) is 0.350. The standard InChI is InChI=1S/C20H25N3O2/c1-4-16-11-23(18-10-15(21)8-9-19(18)25-16)12-20(24)22-17-7-5-6-13(2)14(17)3/h5-10,16H,4,11-12,21H2,1-3H3,(H,22,24). The Hall–Kier alpha value is -2.69. The first-order valence-electron chi connectivity index (χ1n) is 8.65. The van der Waals surface area contributed by atoms with E-state index in [4.69, 9.17) is 10.5 Å². The highest BCUT2D eigenvalue weighted by atomic mass is 16.5. The quantitative estimate of drug-likeness (QED) is 0.837. The van der Waals surface area contributed by atoms with Gasteiger partial charge in [-0.1, -0.05) is 19.1 Å². The second-order valence-corrected chi connectivity index (χ2v) is 6.55. The zero-order valence-corrected chi connectivity index (χ0v) is 15.0. The molecule has 1 atom stereocenters. The summed E-state index contributed by atoms with van der Waals surface area (Å²) in [4.78, 5) is 14.7. The van der Waals surface area contributed by atoms with Crippen LogP contribution >= 0.6 is 0 Å². The highest BCUT2D eigenvalue weighted by Crippen LogP contribution is 2.35. The molecule has 2 aromatic rings. The van der Waals surface area contributed by atoms with Gasteiger partial charge in [0.15, 0.2) is 0 Å². The van der Waals surface area contributed by atoms with Gasteiger partial charge in [-0.05, 0) is 55.7 Å². The Labute approximate surface area is 148 Å². The van der Waals surface area contributed by atoms with Gasteiger partial charge in [0.1, 0.15) is 11.9 Å². The Balaban J connectivity index is 1.78. The van der Waals surface area contributed by atoms with E-state index in [-0.39, 0.29) is 18.6 Å². The van der Waals surface area contributed by atoms with Crippen LogP contribution in [0.4, 0.5) is 17.1 Å². The van der Waals surface area contributed by atoms with Gasteiger partial charge in [0, 0.05) is 11.4 Å². The van der Waals surface area contributed by atoms with E-state index in [1.807, 2.05) is 55.1 Å². The van der Waals surface area contributed by atoms with E-state index in [1.54, 1.807) is 0 Å². The zero-order chi connectivity index (χ0) is 18.0. The Morgan fingerprint density at radius 3 is 2.88 bits per heavy atom. The number of rotatable bonds is 4. The number of fused-ring (bicyclic) bond motifs is 1. The molecule has 0 radical (unpaired) electrons. The second kappa shape index (κ2) is 7.05. The normalized spacial score (nSPS) is 16.1. The summed E-state index contributed by atoms with van der Waals surface area (Å²) in [6, 6.07) is 11.5. The predicted octanol–water partition coefficient (Wildman–Crippen LogP) is 3.50. The lowest BCUT2D eigenvalue weighted by Gasteiger charge is -2.35. The minimum absolute atomic E-state index is 0.0428. The van der Waals surface area contributed by atoms with E-state index in [9.17, 15) is 4.79 Å². The summed E-state index contributed by atoms with van der Waals surface area (Å²) < 4.78 is 5.97. The summed E-state index contributed by atoms with van der Waals surface area (Å²) in [7, 11) is 0. The number of benzene rings is 2. The van der Waals surface area contributed by atoms with Gasteiger partial charge in [0.05, 0.1) is 18.8 Å². The molecule has 25 heavy (non-hydrogen) atoms. The fourth-order valence-electron chi connectivity index (χ4n) is 3.05. The number of nitrogen functional groups attached to an aromatic ring is 1. The van der Waals surface area contributed by atoms with Crippen molar-refractivity contribution in [3.8, 4) is 5.75 Å². The van der Waals surface area contributed by atoms with Crippen LogP contribution in [0.2, 0.25) is 0 Å². The molecule has 0 spiro atoms. The Bertz CT molecular complexity index is 789. The zero-order valence-electron chi connectivity index (χ0n) is 15.0. The number of amides is 1. The number of anilines is 3. The van der Waals surface area contributed by atoms with Crippen LogP contribution in [0.1, 0.15) is 24.5 Å². The summed E-state index contributed by atoms with van der Waals surface area (Å²) in [5.74, 6) is 0.741. The van der Waals surface area contributed by atoms with Crippen LogP contribution in [-0.2, 0) is 4.79 Å². The lowest BCUT2D eigenvalue weighted by molar-refractivity contribution is -0.115. The van der Waals surface area contributed by atoms with Crippen molar-refractivity contribution < 1.29 is 9.53 Å². The molecule has 3 N–H and O–H groups in total. The third-order valence-corrected chi connectivity index (χ3v) is 4.71. The van der Waals surface area contributed by atoms with Gasteiger partial charge in [0.2, 0.25) is 5.91 Å². The first-order chi connectivity index (χ1) is 12.0. The smallest absolute Gasteiger partial charge is 0.243 e. The molecule has 0 bridgehead atoms. The average molecular weight is 339 g/mol. The van der Waals surface area contributed by atoms with Gasteiger partial charge in [-0.2, -0.15) is 0 Å². The van der Waals surface area contributed by atoms with E-state index in [2.05, 4.69) is 12.2 Å². The van der Waals surface area contributed by atoms with Crippen molar-refractivity contribution in [2.45, 2.75) is 33.3 Å². The Kier molecular flexibility index (Phi) is 4.83. The molecule has 0 aromatic heterocycles. The van der Waals surface area contributed by atoms with Gasteiger partial charge in [0.25, 0.3) is 0 Å². The maximum absolute atomic E-state index is 12.6. The number of ether oxygens (including phenoxy) is 1. The SMILES string of the molecule is CCC1CN(CC(=O)Nc2cccc(C)c2C)c2cc(N)ccc2O1. The number of nitrogens with one attached hydrogen (secondary N) is 1. The molecular formula is C20H25N3O2. The number of hydrogen-bond donors (Lipinski definition) is 2. The van der Waals surface area contributed by atoms with Crippen LogP contribution in [-0.4, -0.2) is 25.1 Å². The third-order valence-electron chi connectivity index (χ3n) is 4.71. The van der Waals surface area contributed by atoms with Crippen LogP contribution in [0.5, 0.6) is 5.75 Å². The highest BCUT2D eigenvalue weighted by Gasteiger charge is 2.26. The van der Waals surface area contributed by atoms with Crippen molar-refractivity contribution >= 4 is 23.0 Å². The summed E-state index contributed by atoms with van der Waals surface area (Å²) in [6.45, 7) is 7.08. The number of carbonyl (C=O) groups excluding carboxylic acids is 1. The molecule has 132 valence electrons. The number of hydrogen-bond acceptors (Lipinski definition) is 4. The second-order valence-electron chi connectivity index (χ2n) is 6.55. The average Bonchev–Trinajstić information content (AvgIpc) is 2.59. The molecule has 0 saturated heterocycles. The Morgan fingerprint density at radius 1 is 1.32 bits per heavy atom. The largest absolute Gasteiger partial charge is 0.486 e. The van der Waals surface area contributed by atoms with Crippen LogP contribution in [0.15, 0.2) is 36.4 Å². The number of aryl methyl sites for hydroxylation is 1. The molecule has 5 nitrogen and oxygen atoms in total. The third kappa shape index (κ3) is 3.71. The molecule has 1 aliphatic heterocycles. The fourth-order valence-corrected chi connectivity index (χ4v) is 3.05. The topological polar surface area (TPSA) is 67.6 Å². The van der Waals surface area contributed by atoms with Crippen molar-refractivity contribution in [3.05, 3.63) is 47.5 Å². The lowest BCUT2D eigenvalue weighted by atomic mass is 10.1. The van der Waals surface area contributed by atoms with Crippen LogP contribution < -0.4 is 20.7 Å². The van der Waals surface area contributed by atoms with Crippen LogP contribution in [0.3, 0.4) is 0 Å². The minimum Gasteiger partial charge on any atom is -0.486 e. The molecule has 1 amide bonds. The van der Waals surface area contributed by atoms with Gasteiger partial charge in [-0.15, -0.1) is 0 Å². The van der Waals surface area contributed by atoms with Crippen molar-refractivity contribution in [2.24, 2.45) is 0 Å². The van der Waals surface area contributed by atoms with Crippen molar-refractivity contribution in [3.63, 3.8) is 0 Å². The molecule has 0 aliphatic carbocycles. The molecular weight excluding hydrogens is 314 g/mol. The number of carbonyl (C=O) groups is 1. The van der Waals surface area contributed by atoms with Crippen molar-refractivity contribution in [2.75, 3.05) is 29.0 Å². The first-order valence-corrected chi connectivity index (χ1v) is 8.65. The number of nitrogens with zero attached hydrogens (tertiary/aromatic N) is 1. The van der Waals surface area contributed by atoms with Crippen LogP contribution in [0, 0.1) is 13.8 Å². The molecule has 0 fully saturated rings.